The van der Waals surface area contributed by atoms with E-state index in [2.05, 4.69) is 12.2 Å². The first kappa shape index (κ1) is 16.0. The highest BCUT2D eigenvalue weighted by molar-refractivity contribution is 7.17. The van der Waals surface area contributed by atoms with Crippen LogP contribution in [0.15, 0.2) is 24.3 Å². The van der Waals surface area contributed by atoms with E-state index in [0.29, 0.717) is 27.9 Å². The molecule has 1 aromatic heterocycles. The van der Waals surface area contributed by atoms with E-state index in [-0.39, 0.29) is 5.56 Å². The molecular formula is C17H15ClNO3S-. The molecule has 1 amide bonds. The highest BCUT2D eigenvalue weighted by Gasteiger charge is 2.25. The second-order valence-corrected chi connectivity index (χ2v) is 7.29. The van der Waals surface area contributed by atoms with Gasteiger partial charge in [0.05, 0.1) is 16.6 Å². The molecule has 1 aliphatic carbocycles. The van der Waals surface area contributed by atoms with Crippen molar-refractivity contribution in [3.05, 3.63) is 50.9 Å². The SMILES string of the molecule is C[C@H]1CCc2c(sc(NC(=O)c3ccccc3Cl)c2C(=O)[O-])C1. The van der Waals surface area contributed by atoms with Crippen LogP contribution in [0.5, 0.6) is 0 Å². The Morgan fingerprint density at radius 2 is 2.09 bits per heavy atom. The fourth-order valence-electron chi connectivity index (χ4n) is 2.87. The summed E-state index contributed by atoms with van der Waals surface area (Å²) in [4.78, 5) is 24.9. The van der Waals surface area contributed by atoms with Crippen molar-refractivity contribution in [2.24, 2.45) is 5.92 Å². The topological polar surface area (TPSA) is 69.2 Å². The Morgan fingerprint density at radius 3 is 2.78 bits per heavy atom. The summed E-state index contributed by atoms with van der Waals surface area (Å²) in [6, 6.07) is 6.67. The number of fused-ring (bicyclic) bond motifs is 1. The Labute approximate surface area is 143 Å². The van der Waals surface area contributed by atoms with Crippen molar-refractivity contribution < 1.29 is 14.7 Å². The fourth-order valence-corrected chi connectivity index (χ4v) is 4.49. The summed E-state index contributed by atoms with van der Waals surface area (Å²) in [6.45, 7) is 2.14. The van der Waals surface area contributed by atoms with Crippen molar-refractivity contribution in [1.29, 1.82) is 0 Å². The largest absolute Gasteiger partial charge is 0.545 e. The van der Waals surface area contributed by atoms with Gasteiger partial charge < -0.3 is 15.2 Å². The second-order valence-electron chi connectivity index (χ2n) is 5.78. The molecule has 0 saturated heterocycles. The molecule has 0 saturated carbocycles. The number of thiophene rings is 1. The lowest BCUT2D eigenvalue weighted by Crippen LogP contribution is -2.26. The van der Waals surface area contributed by atoms with E-state index in [0.717, 1.165) is 23.3 Å². The molecule has 1 N–H and O–H groups in total. The zero-order valence-electron chi connectivity index (χ0n) is 12.5. The number of hydrogen-bond donors (Lipinski definition) is 1. The van der Waals surface area contributed by atoms with E-state index >= 15 is 0 Å². The second kappa shape index (κ2) is 6.34. The van der Waals surface area contributed by atoms with Crippen molar-refractivity contribution >= 4 is 39.8 Å². The highest BCUT2D eigenvalue weighted by atomic mass is 35.5. The van der Waals surface area contributed by atoms with Crippen molar-refractivity contribution in [3.8, 4) is 0 Å². The summed E-state index contributed by atoms with van der Waals surface area (Å²) in [5.74, 6) is -1.14. The third kappa shape index (κ3) is 3.12. The van der Waals surface area contributed by atoms with Gasteiger partial charge in [-0.2, -0.15) is 0 Å². The van der Waals surface area contributed by atoms with Gasteiger partial charge in [-0.05, 0) is 42.9 Å². The molecule has 2 aromatic rings. The van der Waals surface area contributed by atoms with Gasteiger partial charge in [0.1, 0.15) is 5.00 Å². The number of aromatic carboxylic acids is 1. The first-order valence-electron chi connectivity index (χ1n) is 7.39. The molecule has 1 atom stereocenters. The van der Waals surface area contributed by atoms with Crippen LogP contribution in [0.1, 0.15) is 44.5 Å². The molecule has 1 heterocycles. The zero-order valence-corrected chi connectivity index (χ0v) is 14.1. The lowest BCUT2D eigenvalue weighted by Gasteiger charge is -2.19. The van der Waals surface area contributed by atoms with Crippen LogP contribution in [0.4, 0.5) is 5.00 Å². The monoisotopic (exact) mass is 348 g/mol. The molecule has 3 rings (SSSR count). The molecule has 23 heavy (non-hydrogen) atoms. The van der Waals surface area contributed by atoms with Crippen LogP contribution in [0, 0.1) is 5.92 Å². The molecule has 0 aliphatic heterocycles. The molecule has 1 aromatic carbocycles. The number of anilines is 1. The molecule has 120 valence electrons. The molecule has 0 radical (unpaired) electrons. The van der Waals surface area contributed by atoms with Gasteiger partial charge in [-0.25, -0.2) is 0 Å². The minimum absolute atomic E-state index is 0.123. The van der Waals surface area contributed by atoms with Crippen LogP contribution in [0.3, 0.4) is 0 Å². The third-order valence-corrected chi connectivity index (χ3v) is 5.56. The molecule has 1 aliphatic rings. The molecule has 0 unspecified atom stereocenters. The Hall–Kier alpha value is -1.85. The van der Waals surface area contributed by atoms with Crippen molar-refractivity contribution in [1.82, 2.24) is 0 Å². The highest BCUT2D eigenvalue weighted by Crippen LogP contribution is 2.39. The lowest BCUT2D eigenvalue weighted by atomic mass is 9.88. The summed E-state index contributed by atoms with van der Waals surface area (Å²) >= 11 is 7.35. The van der Waals surface area contributed by atoms with Gasteiger partial charge in [-0.1, -0.05) is 30.7 Å². The fraction of sp³-hybridized carbons (Fsp3) is 0.294. The Bertz CT molecular complexity index is 784. The number of carbonyl (C=O) groups excluding carboxylic acids is 2. The molecule has 0 bridgehead atoms. The van der Waals surface area contributed by atoms with Crippen molar-refractivity contribution in [3.63, 3.8) is 0 Å². The van der Waals surface area contributed by atoms with Gasteiger partial charge >= 0.3 is 0 Å². The predicted octanol–water partition coefficient (Wildman–Crippen LogP) is 3.14. The number of carboxylic acids is 1. The van der Waals surface area contributed by atoms with Gasteiger partial charge in [0.15, 0.2) is 0 Å². The summed E-state index contributed by atoms with van der Waals surface area (Å²) in [6.07, 6.45) is 2.49. The van der Waals surface area contributed by atoms with Gasteiger partial charge in [0.25, 0.3) is 5.91 Å². The number of carbonyl (C=O) groups is 2. The predicted molar refractivity (Wildman–Crippen MR) is 89.2 cm³/mol. The van der Waals surface area contributed by atoms with Gasteiger partial charge in [0.2, 0.25) is 0 Å². The number of halogens is 1. The average Bonchev–Trinajstić information content (AvgIpc) is 2.84. The molecular weight excluding hydrogens is 334 g/mol. The first-order valence-corrected chi connectivity index (χ1v) is 8.58. The van der Waals surface area contributed by atoms with Crippen LogP contribution in [-0.4, -0.2) is 11.9 Å². The smallest absolute Gasteiger partial charge is 0.257 e. The van der Waals surface area contributed by atoms with Crippen LogP contribution >= 0.6 is 22.9 Å². The number of carboxylic acid groups (broad SMARTS) is 1. The summed E-state index contributed by atoms with van der Waals surface area (Å²) in [5.41, 5.74) is 1.25. The quantitative estimate of drug-likeness (QED) is 0.926. The van der Waals surface area contributed by atoms with Crippen LogP contribution < -0.4 is 10.4 Å². The normalized spacial score (nSPS) is 16.7. The maximum Gasteiger partial charge on any atom is 0.257 e. The summed E-state index contributed by atoms with van der Waals surface area (Å²) in [7, 11) is 0. The summed E-state index contributed by atoms with van der Waals surface area (Å²) < 4.78 is 0. The minimum atomic E-state index is -1.24. The number of amides is 1. The molecule has 0 spiro atoms. The standard InChI is InChI=1S/C17H16ClNO3S/c1-9-6-7-11-13(8-9)23-16(14(11)17(21)22)19-15(20)10-4-2-3-5-12(10)18/h2-5,9H,6-8H2,1H3,(H,19,20)(H,21,22)/p-1/t9-/m0/s1. The zero-order chi connectivity index (χ0) is 16.6. The molecule has 6 heteroatoms. The van der Waals surface area contributed by atoms with E-state index in [4.69, 9.17) is 11.6 Å². The van der Waals surface area contributed by atoms with Gasteiger partial charge in [0, 0.05) is 10.4 Å². The minimum Gasteiger partial charge on any atom is -0.545 e. The number of rotatable bonds is 3. The maximum atomic E-state index is 12.4. The van der Waals surface area contributed by atoms with Crippen LogP contribution in [0.25, 0.3) is 0 Å². The molecule has 0 fully saturated rings. The van der Waals surface area contributed by atoms with Crippen molar-refractivity contribution in [2.75, 3.05) is 5.32 Å². The number of nitrogens with one attached hydrogen (secondary N) is 1. The summed E-state index contributed by atoms with van der Waals surface area (Å²) in [5, 5.41) is 14.9. The Balaban J connectivity index is 1.96. The number of hydrogen-bond acceptors (Lipinski definition) is 4. The maximum absolute atomic E-state index is 12.4. The Kier molecular flexibility index (Phi) is 4.41. The third-order valence-electron chi connectivity index (χ3n) is 4.06. The lowest BCUT2D eigenvalue weighted by molar-refractivity contribution is -0.254. The van der Waals surface area contributed by atoms with Crippen LogP contribution in [-0.2, 0) is 12.8 Å². The van der Waals surface area contributed by atoms with Gasteiger partial charge in [-0.3, -0.25) is 4.79 Å². The van der Waals surface area contributed by atoms with E-state index in [9.17, 15) is 14.7 Å². The van der Waals surface area contributed by atoms with Gasteiger partial charge in [-0.15, -0.1) is 11.3 Å². The molecule has 4 nitrogen and oxygen atoms in total. The van der Waals surface area contributed by atoms with Crippen molar-refractivity contribution in [2.45, 2.75) is 26.2 Å². The average molecular weight is 349 g/mol. The Morgan fingerprint density at radius 1 is 1.35 bits per heavy atom. The van der Waals surface area contributed by atoms with E-state index < -0.39 is 11.9 Å². The first-order chi connectivity index (χ1) is 11.0. The van der Waals surface area contributed by atoms with E-state index in [1.54, 1.807) is 24.3 Å². The van der Waals surface area contributed by atoms with E-state index in [1.165, 1.54) is 11.3 Å². The van der Waals surface area contributed by atoms with Crippen LogP contribution in [0.2, 0.25) is 5.02 Å². The number of benzene rings is 1. The van der Waals surface area contributed by atoms with E-state index in [1.807, 2.05) is 0 Å².